The fraction of sp³-hybridized carbons (Fsp3) is 0.583. The van der Waals surface area contributed by atoms with Gasteiger partial charge in [-0.2, -0.15) is 0 Å². The number of hydrogen-bond acceptors (Lipinski definition) is 3. The van der Waals surface area contributed by atoms with Crippen molar-refractivity contribution in [2.75, 3.05) is 7.05 Å². The minimum Gasteiger partial charge on any atom is -0.480 e. The van der Waals surface area contributed by atoms with Gasteiger partial charge in [-0.25, -0.2) is 9.78 Å². The second-order valence-electron chi connectivity index (χ2n) is 4.41. The second kappa shape index (κ2) is 6.18. The van der Waals surface area contributed by atoms with Crippen LogP contribution in [0, 0.1) is 5.92 Å². The molecule has 0 aliphatic carbocycles. The van der Waals surface area contributed by atoms with Gasteiger partial charge in [-0.15, -0.1) is 0 Å². The third kappa shape index (κ3) is 3.32. The van der Waals surface area contributed by atoms with Gasteiger partial charge in [-0.3, -0.25) is 4.79 Å². The van der Waals surface area contributed by atoms with Crippen LogP contribution >= 0.6 is 0 Å². The smallest absolute Gasteiger partial charge is 0.326 e. The fourth-order valence-corrected chi connectivity index (χ4v) is 1.82. The van der Waals surface area contributed by atoms with E-state index < -0.39 is 12.0 Å². The Morgan fingerprint density at radius 3 is 2.61 bits per heavy atom. The molecule has 0 spiro atoms. The Kier molecular flexibility index (Phi) is 4.88. The molecule has 1 aromatic rings. The zero-order valence-electron chi connectivity index (χ0n) is 10.9. The van der Waals surface area contributed by atoms with Crippen molar-refractivity contribution in [2.24, 2.45) is 5.92 Å². The van der Waals surface area contributed by atoms with E-state index in [0.29, 0.717) is 6.42 Å². The van der Waals surface area contributed by atoms with Gasteiger partial charge in [0.1, 0.15) is 12.6 Å². The molecular formula is C12H19N3O3. The van der Waals surface area contributed by atoms with E-state index in [1.165, 1.54) is 18.3 Å². The topological polar surface area (TPSA) is 75.4 Å². The van der Waals surface area contributed by atoms with Crippen LogP contribution in [0.15, 0.2) is 18.7 Å². The van der Waals surface area contributed by atoms with Gasteiger partial charge in [0.25, 0.3) is 0 Å². The molecule has 6 nitrogen and oxygen atoms in total. The van der Waals surface area contributed by atoms with E-state index in [0.717, 1.165) is 0 Å². The number of hydrogen-bond donors (Lipinski definition) is 1. The molecule has 18 heavy (non-hydrogen) atoms. The molecule has 2 atom stereocenters. The molecule has 0 fully saturated rings. The summed E-state index contributed by atoms with van der Waals surface area (Å²) in [6.07, 6.45) is 5.49. The first kappa shape index (κ1) is 14.2. The number of carbonyl (C=O) groups is 2. The Labute approximate surface area is 106 Å². The monoisotopic (exact) mass is 253 g/mol. The summed E-state index contributed by atoms with van der Waals surface area (Å²) in [5, 5.41) is 9.21. The number of rotatable bonds is 6. The number of carboxylic acid groups (broad SMARTS) is 1. The number of carbonyl (C=O) groups excluding carboxylic acids is 1. The van der Waals surface area contributed by atoms with Crippen LogP contribution in [0.5, 0.6) is 0 Å². The molecule has 0 aromatic carbocycles. The third-order valence-electron chi connectivity index (χ3n) is 3.12. The molecule has 0 saturated carbocycles. The number of amides is 1. The van der Waals surface area contributed by atoms with Crippen molar-refractivity contribution >= 4 is 11.9 Å². The summed E-state index contributed by atoms with van der Waals surface area (Å²) in [4.78, 5) is 28.4. The predicted octanol–water partition coefficient (Wildman–Crippen LogP) is 0.841. The maximum Gasteiger partial charge on any atom is 0.326 e. The summed E-state index contributed by atoms with van der Waals surface area (Å²) in [5.74, 6) is -1.29. The molecule has 0 saturated heterocycles. The number of imidazole rings is 1. The third-order valence-corrected chi connectivity index (χ3v) is 3.12. The van der Waals surface area contributed by atoms with Crippen LogP contribution in [0.1, 0.15) is 20.3 Å². The van der Waals surface area contributed by atoms with Gasteiger partial charge in [0.2, 0.25) is 5.91 Å². The Morgan fingerprint density at radius 2 is 2.17 bits per heavy atom. The van der Waals surface area contributed by atoms with Crippen molar-refractivity contribution in [1.29, 1.82) is 0 Å². The fourth-order valence-electron chi connectivity index (χ4n) is 1.82. The van der Waals surface area contributed by atoms with Crippen LogP contribution < -0.4 is 0 Å². The van der Waals surface area contributed by atoms with Crippen LogP contribution in [0.3, 0.4) is 0 Å². The van der Waals surface area contributed by atoms with Crippen LogP contribution in [-0.2, 0) is 16.1 Å². The van der Waals surface area contributed by atoms with Crippen LogP contribution in [0.4, 0.5) is 0 Å². The van der Waals surface area contributed by atoms with E-state index in [1.807, 2.05) is 13.8 Å². The molecule has 1 amide bonds. The Bertz CT molecular complexity index is 403. The van der Waals surface area contributed by atoms with E-state index in [2.05, 4.69) is 4.98 Å². The maximum atomic E-state index is 12.0. The Hall–Kier alpha value is -1.85. The first-order chi connectivity index (χ1) is 8.47. The highest BCUT2D eigenvalue weighted by Crippen LogP contribution is 2.14. The van der Waals surface area contributed by atoms with Gasteiger partial charge in [-0.1, -0.05) is 20.3 Å². The molecule has 1 aromatic heterocycles. The van der Waals surface area contributed by atoms with Crippen LogP contribution in [0.2, 0.25) is 0 Å². The molecule has 1 rings (SSSR count). The number of aliphatic carboxylic acids is 1. The Morgan fingerprint density at radius 1 is 1.50 bits per heavy atom. The summed E-state index contributed by atoms with van der Waals surface area (Å²) in [7, 11) is 1.53. The maximum absolute atomic E-state index is 12.0. The summed E-state index contributed by atoms with van der Waals surface area (Å²) in [6, 6.07) is -0.786. The largest absolute Gasteiger partial charge is 0.480 e. The number of carboxylic acids is 1. The van der Waals surface area contributed by atoms with Gasteiger partial charge >= 0.3 is 5.97 Å². The number of likely N-dealkylation sites (N-methyl/N-ethyl adjacent to an activating group) is 1. The van der Waals surface area contributed by atoms with E-state index in [-0.39, 0.29) is 18.4 Å². The average molecular weight is 253 g/mol. The lowest BCUT2D eigenvalue weighted by molar-refractivity contribution is -0.151. The molecule has 0 aliphatic rings. The van der Waals surface area contributed by atoms with Gasteiger partial charge in [0, 0.05) is 19.4 Å². The molecule has 0 bridgehead atoms. The quantitative estimate of drug-likeness (QED) is 0.815. The highest BCUT2D eigenvalue weighted by Gasteiger charge is 2.30. The van der Waals surface area contributed by atoms with E-state index in [1.54, 1.807) is 17.0 Å². The van der Waals surface area contributed by atoms with Crippen LogP contribution in [0.25, 0.3) is 0 Å². The van der Waals surface area contributed by atoms with E-state index >= 15 is 0 Å². The zero-order chi connectivity index (χ0) is 13.7. The first-order valence-electron chi connectivity index (χ1n) is 5.91. The second-order valence-corrected chi connectivity index (χ2v) is 4.41. The summed E-state index contributed by atoms with van der Waals surface area (Å²) < 4.78 is 1.62. The standard InChI is InChI=1S/C12H19N3O3/c1-4-9(2)11(12(17)18)14(3)10(16)7-15-6-5-13-8-15/h5-6,8-9,11H,4,7H2,1-3H3,(H,17,18)/t9-,11-/m0/s1. The minimum atomic E-state index is -0.967. The highest BCUT2D eigenvalue weighted by atomic mass is 16.4. The summed E-state index contributed by atoms with van der Waals surface area (Å²) >= 11 is 0. The van der Waals surface area contributed by atoms with Crippen molar-refractivity contribution in [3.05, 3.63) is 18.7 Å². The molecular weight excluding hydrogens is 234 g/mol. The Balaban J connectivity index is 2.73. The molecule has 1 N–H and O–H groups in total. The van der Waals surface area contributed by atoms with Crippen molar-refractivity contribution < 1.29 is 14.7 Å². The molecule has 0 unspecified atom stereocenters. The van der Waals surface area contributed by atoms with E-state index in [4.69, 9.17) is 0 Å². The van der Waals surface area contributed by atoms with Crippen molar-refractivity contribution in [1.82, 2.24) is 14.5 Å². The zero-order valence-corrected chi connectivity index (χ0v) is 10.9. The highest BCUT2D eigenvalue weighted by molar-refractivity contribution is 5.83. The normalized spacial score (nSPS) is 13.9. The molecule has 6 heteroatoms. The van der Waals surface area contributed by atoms with Gasteiger partial charge in [0.15, 0.2) is 0 Å². The van der Waals surface area contributed by atoms with Crippen molar-refractivity contribution in [3.63, 3.8) is 0 Å². The molecule has 0 aliphatic heterocycles. The van der Waals surface area contributed by atoms with Gasteiger partial charge < -0.3 is 14.6 Å². The first-order valence-corrected chi connectivity index (χ1v) is 5.91. The average Bonchev–Trinajstić information content (AvgIpc) is 2.81. The van der Waals surface area contributed by atoms with Crippen molar-refractivity contribution in [3.8, 4) is 0 Å². The summed E-state index contributed by atoms with van der Waals surface area (Å²) in [5.41, 5.74) is 0. The summed E-state index contributed by atoms with van der Waals surface area (Å²) in [6.45, 7) is 3.85. The molecule has 100 valence electrons. The molecule has 1 heterocycles. The molecule has 0 radical (unpaired) electrons. The predicted molar refractivity (Wildman–Crippen MR) is 65.9 cm³/mol. The minimum absolute atomic E-state index is 0.0840. The van der Waals surface area contributed by atoms with Gasteiger partial charge in [-0.05, 0) is 5.92 Å². The number of nitrogens with zero attached hydrogens (tertiary/aromatic N) is 3. The van der Waals surface area contributed by atoms with E-state index in [9.17, 15) is 14.7 Å². The SMILES string of the molecule is CC[C@H](C)[C@@H](C(=O)O)N(C)C(=O)Cn1ccnc1. The van der Waals surface area contributed by atoms with Crippen molar-refractivity contribution in [2.45, 2.75) is 32.9 Å². The lowest BCUT2D eigenvalue weighted by Gasteiger charge is -2.29. The van der Waals surface area contributed by atoms with Gasteiger partial charge in [0.05, 0.1) is 6.33 Å². The lowest BCUT2D eigenvalue weighted by atomic mass is 9.98. The lowest BCUT2D eigenvalue weighted by Crippen LogP contribution is -2.47. The van der Waals surface area contributed by atoms with Crippen LogP contribution in [-0.4, -0.2) is 44.5 Å². The number of aromatic nitrogens is 2.